The van der Waals surface area contributed by atoms with Gasteiger partial charge in [-0.15, -0.1) is 0 Å². The summed E-state index contributed by atoms with van der Waals surface area (Å²) in [6.45, 7) is 2.06. The molecule has 0 spiro atoms. The molecule has 2 saturated carbocycles. The normalized spacial score (nSPS) is 26.2. The lowest BCUT2D eigenvalue weighted by Gasteiger charge is -2.31. The van der Waals surface area contributed by atoms with Crippen LogP contribution in [0.2, 0.25) is 10.0 Å². The number of aliphatic hydroxyl groups excluding tert-OH is 1. The first-order valence-corrected chi connectivity index (χ1v) is 13.4. The number of carbonyl (C=O) groups is 1. The molecule has 3 aromatic rings. The fourth-order valence-corrected chi connectivity index (χ4v) is 5.95. The fourth-order valence-electron chi connectivity index (χ4n) is 5.40. The van der Waals surface area contributed by atoms with Crippen molar-refractivity contribution >= 4 is 57.9 Å². The molecule has 2 fully saturated rings. The van der Waals surface area contributed by atoms with Crippen LogP contribution in [0, 0.1) is 17.7 Å². The first-order chi connectivity index (χ1) is 17.7. The van der Waals surface area contributed by atoms with Crippen molar-refractivity contribution in [2.24, 2.45) is 17.6 Å². The van der Waals surface area contributed by atoms with Gasteiger partial charge in [0.2, 0.25) is 17.8 Å². The van der Waals surface area contributed by atoms with Gasteiger partial charge in [0.05, 0.1) is 28.0 Å². The summed E-state index contributed by atoms with van der Waals surface area (Å²) in [6.07, 6.45) is 6.50. The van der Waals surface area contributed by atoms with E-state index in [-0.39, 0.29) is 46.0 Å². The van der Waals surface area contributed by atoms with E-state index < -0.39 is 5.82 Å². The molecule has 9 nitrogen and oxygen atoms in total. The molecule has 1 amide bonds. The number of aliphatic hydroxyl groups is 1. The van der Waals surface area contributed by atoms with Crippen molar-refractivity contribution in [3.63, 3.8) is 0 Å². The number of aromatic nitrogens is 4. The van der Waals surface area contributed by atoms with Crippen molar-refractivity contribution in [1.82, 2.24) is 19.5 Å². The van der Waals surface area contributed by atoms with Crippen LogP contribution in [-0.4, -0.2) is 42.7 Å². The van der Waals surface area contributed by atoms with Crippen LogP contribution in [0.1, 0.15) is 57.9 Å². The third-order valence-corrected chi connectivity index (χ3v) is 8.22. The molecule has 0 unspecified atom stereocenters. The molecular weight excluding hydrogens is 520 g/mol. The van der Waals surface area contributed by atoms with Crippen LogP contribution in [0.3, 0.4) is 0 Å². The lowest BCUT2D eigenvalue weighted by Crippen LogP contribution is -2.35. The van der Waals surface area contributed by atoms with E-state index in [1.807, 2.05) is 4.57 Å². The monoisotopic (exact) mass is 549 g/mol. The molecule has 0 aliphatic heterocycles. The van der Waals surface area contributed by atoms with Crippen molar-refractivity contribution < 1.29 is 14.3 Å². The van der Waals surface area contributed by atoms with Crippen LogP contribution in [-0.2, 0) is 4.79 Å². The second-order valence-electron chi connectivity index (χ2n) is 10.2. The zero-order chi connectivity index (χ0) is 26.3. The van der Waals surface area contributed by atoms with Gasteiger partial charge in [0.15, 0.2) is 5.65 Å². The molecule has 2 heterocycles. The second kappa shape index (κ2) is 10.6. The van der Waals surface area contributed by atoms with Crippen molar-refractivity contribution in [1.29, 1.82) is 0 Å². The summed E-state index contributed by atoms with van der Waals surface area (Å²) in [4.78, 5) is 25.7. The van der Waals surface area contributed by atoms with E-state index in [4.69, 9.17) is 38.9 Å². The second-order valence-corrected chi connectivity index (χ2v) is 11.0. The number of nitrogens with zero attached hydrogens (tertiary/aromatic N) is 4. The number of imidazole rings is 1. The molecule has 0 radical (unpaired) electrons. The summed E-state index contributed by atoms with van der Waals surface area (Å²) in [5, 5.41) is 17.1. The number of halogens is 3. The van der Waals surface area contributed by atoms with Gasteiger partial charge in [-0.25, -0.2) is 14.4 Å². The Hall–Kier alpha value is -2.69. The highest BCUT2D eigenvalue weighted by molar-refractivity contribution is 6.39. The highest BCUT2D eigenvalue weighted by atomic mass is 35.5. The highest BCUT2D eigenvalue weighted by Crippen LogP contribution is 2.39. The molecule has 5 rings (SSSR count). The molecule has 37 heavy (non-hydrogen) atoms. The molecule has 0 bridgehead atoms. The number of amides is 1. The minimum Gasteiger partial charge on any atom is -0.393 e. The summed E-state index contributed by atoms with van der Waals surface area (Å²) >= 11 is 12.6. The Bertz CT molecular complexity index is 1290. The quantitative estimate of drug-likeness (QED) is 0.332. The molecule has 2 aliphatic rings. The molecule has 12 heteroatoms. The lowest BCUT2D eigenvalue weighted by molar-refractivity contribution is -0.122. The van der Waals surface area contributed by atoms with Crippen LogP contribution in [0.15, 0.2) is 18.3 Å². The van der Waals surface area contributed by atoms with Crippen LogP contribution >= 0.6 is 23.2 Å². The van der Waals surface area contributed by atoms with Gasteiger partial charge in [-0.05, 0) is 63.0 Å². The van der Waals surface area contributed by atoms with Crippen LogP contribution in [0.4, 0.5) is 22.0 Å². The lowest BCUT2D eigenvalue weighted by atomic mass is 9.85. The number of carbonyl (C=O) groups excluding carboxylic acids is 1. The minimum atomic E-state index is -0.539. The van der Waals surface area contributed by atoms with E-state index in [1.165, 1.54) is 12.1 Å². The van der Waals surface area contributed by atoms with Gasteiger partial charge in [0, 0.05) is 18.0 Å². The Kier molecular flexibility index (Phi) is 7.42. The summed E-state index contributed by atoms with van der Waals surface area (Å²) < 4.78 is 15.8. The third-order valence-electron chi connectivity index (χ3n) is 7.63. The van der Waals surface area contributed by atoms with Crippen LogP contribution in [0.5, 0.6) is 0 Å². The average molecular weight is 550 g/mol. The van der Waals surface area contributed by atoms with E-state index in [0.717, 1.165) is 12.8 Å². The predicted molar refractivity (Wildman–Crippen MR) is 142 cm³/mol. The number of hydrogen-bond acceptors (Lipinski definition) is 7. The Labute approximate surface area is 224 Å². The van der Waals surface area contributed by atoms with Crippen molar-refractivity contribution in [2.75, 3.05) is 10.6 Å². The maximum Gasteiger partial charge on any atom is 0.224 e. The number of nitrogens with two attached hydrogens (primary N) is 1. The van der Waals surface area contributed by atoms with Crippen LogP contribution < -0.4 is 16.4 Å². The first-order valence-electron chi connectivity index (χ1n) is 12.6. The third kappa shape index (κ3) is 5.46. The minimum absolute atomic E-state index is 0.0128. The molecule has 2 aromatic heterocycles. The predicted octanol–water partition coefficient (Wildman–Crippen LogP) is 5.19. The zero-order valence-electron chi connectivity index (χ0n) is 20.4. The molecule has 1 aromatic carbocycles. The highest BCUT2D eigenvalue weighted by Gasteiger charge is 2.30. The molecular formula is C25H30Cl2FN7O2. The van der Waals surface area contributed by atoms with Crippen LogP contribution in [0.25, 0.3) is 11.2 Å². The van der Waals surface area contributed by atoms with E-state index in [1.54, 1.807) is 6.20 Å². The number of benzene rings is 1. The summed E-state index contributed by atoms with van der Waals surface area (Å²) in [5.41, 5.74) is 7.07. The molecule has 198 valence electrons. The van der Waals surface area contributed by atoms with Gasteiger partial charge < -0.3 is 21.5 Å². The number of nitrogens with one attached hydrogen (secondary N) is 2. The number of hydrogen-bond donors (Lipinski definition) is 4. The zero-order valence-corrected chi connectivity index (χ0v) is 21.9. The van der Waals surface area contributed by atoms with E-state index >= 15 is 0 Å². The van der Waals surface area contributed by atoms with Gasteiger partial charge >= 0.3 is 0 Å². The topological polar surface area (TPSA) is 131 Å². The molecule has 5 N–H and O–H groups in total. The first kappa shape index (κ1) is 25.9. The summed E-state index contributed by atoms with van der Waals surface area (Å²) in [7, 11) is 0. The molecule has 2 aliphatic carbocycles. The summed E-state index contributed by atoms with van der Waals surface area (Å²) in [5.74, 6) is 0.196. The smallest absolute Gasteiger partial charge is 0.224 e. The van der Waals surface area contributed by atoms with Gasteiger partial charge in [-0.2, -0.15) is 4.98 Å². The standard InChI is InChI=1S/C25H30Cl2FN7O2/c1-12-2-5-15(10-20(12)36)31-24-30-11-19-23(34-24)35(16-6-3-13(4-7-16)22(29)37)25(32-19)33-21-17(26)8-14(28)9-18(21)27/h8-9,11-13,15-16,20,36H,2-7,10H2,1H3,(H2,29,37)(H,32,33)(H,30,31,34)/t12-,13?,15-,16?,20-/m1/s1. The number of fused-ring (bicyclic) bond motifs is 1. The van der Waals surface area contributed by atoms with Crippen molar-refractivity contribution in [2.45, 2.75) is 70.1 Å². The number of rotatable bonds is 6. The maximum atomic E-state index is 13.8. The number of primary amides is 1. The molecule has 3 atom stereocenters. The fraction of sp³-hybridized carbons (Fsp3) is 0.520. The van der Waals surface area contributed by atoms with Gasteiger partial charge in [0.25, 0.3) is 0 Å². The van der Waals surface area contributed by atoms with Gasteiger partial charge in [-0.3, -0.25) is 9.36 Å². The SMILES string of the molecule is C[C@@H]1CC[C@@H](Nc2ncc3nc(Nc4c(Cl)cc(F)cc4Cl)n(C4CCC(C(N)=O)CC4)c3n2)C[C@H]1O. The van der Waals surface area contributed by atoms with Crippen molar-refractivity contribution in [3.05, 3.63) is 34.2 Å². The Morgan fingerprint density at radius 1 is 1.14 bits per heavy atom. The Morgan fingerprint density at radius 2 is 1.84 bits per heavy atom. The van der Waals surface area contributed by atoms with E-state index in [2.05, 4.69) is 22.5 Å². The van der Waals surface area contributed by atoms with E-state index in [9.17, 15) is 14.3 Å². The van der Waals surface area contributed by atoms with Crippen molar-refractivity contribution in [3.8, 4) is 0 Å². The Morgan fingerprint density at radius 3 is 2.49 bits per heavy atom. The average Bonchev–Trinajstić information content (AvgIpc) is 3.21. The molecule has 0 saturated heterocycles. The van der Waals surface area contributed by atoms with Gasteiger partial charge in [-0.1, -0.05) is 30.1 Å². The summed E-state index contributed by atoms with van der Waals surface area (Å²) in [6, 6.07) is 2.42. The Balaban J connectivity index is 1.50. The van der Waals surface area contributed by atoms with E-state index in [0.29, 0.717) is 60.9 Å². The largest absolute Gasteiger partial charge is 0.393 e. The number of anilines is 3. The van der Waals surface area contributed by atoms with Gasteiger partial charge in [0.1, 0.15) is 11.3 Å². The maximum absolute atomic E-state index is 13.8.